The summed E-state index contributed by atoms with van der Waals surface area (Å²) in [5.74, 6) is -0.558. The molecule has 0 spiro atoms. The molecule has 12 heavy (non-hydrogen) atoms. The van der Waals surface area contributed by atoms with Crippen LogP contribution in [0.1, 0.15) is 13.8 Å². The maximum atomic E-state index is 8.40. The largest absolute Gasteiger partial charge is 0.470 e. The molecule has 1 saturated heterocycles. The molecule has 1 N–H and O–H groups in total. The van der Waals surface area contributed by atoms with E-state index < -0.39 is 5.79 Å². The molecule has 4 heteroatoms. The first-order valence-corrected chi connectivity index (χ1v) is 3.87. The third-order valence-corrected chi connectivity index (χ3v) is 1.41. The van der Waals surface area contributed by atoms with E-state index in [0.717, 1.165) is 0 Å². The summed E-state index contributed by atoms with van der Waals surface area (Å²) in [5.41, 5.74) is 0. The predicted molar refractivity (Wildman–Crippen MR) is 42.2 cm³/mol. The molecular weight excluding hydrogens is 160 g/mol. The van der Waals surface area contributed by atoms with Crippen LogP contribution in [0.2, 0.25) is 0 Å². The van der Waals surface area contributed by atoms with Crippen LogP contribution in [0, 0.1) is 0 Å². The summed E-state index contributed by atoms with van der Waals surface area (Å²) in [6, 6.07) is 0. The third kappa shape index (κ3) is 2.81. The van der Waals surface area contributed by atoms with E-state index in [1.165, 1.54) is 12.3 Å². The first kappa shape index (κ1) is 9.51. The van der Waals surface area contributed by atoms with Gasteiger partial charge in [-0.05, 0) is 19.9 Å². The van der Waals surface area contributed by atoms with Gasteiger partial charge in [-0.25, -0.2) is 0 Å². The quantitative estimate of drug-likeness (QED) is 0.637. The van der Waals surface area contributed by atoms with E-state index in [4.69, 9.17) is 19.3 Å². The van der Waals surface area contributed by atoms with E-state index in [0.29, 0.717) is 6.61 Å². The highest BCUT2D eigenvalue weighted by Crippen LogP contribution is 2.22. The Labute approximate surface area is 71.7 Å². The second-order valence-electron chi connectivity index (χ2n) is 2.95. The molecule has 1 unspecified atom stereocenters. The third-order valence-electron chi connectivity index (χ3n) is 1.41. The first-order valence-electron chi connectivity index (χ1n) is 3.87. The van der Waals surface area contributed by atoms with Crippen LogP contribution in [-0.4, -0.2) is 30.4 Å². The van der Waals surface area contributed by atoms with Gasteiger partial charge in [0.2, 0.25) is 6.29 Å². The van der Waals surface area contributed by atoms with Crippen LogP contribution in [0.25, 0.3) is 0 Å². The lowest BCUT2D eigenvalue weighted by Crippen LogP contribution is -2.21. The van der Waals surface area contributed by atoms with Crippen LogP contribution in [0.5, 0.6) is 0 Å². The molecule has 1 rings (SSSR count). The summed E-state index contributed by atoms with van der Waals surface area (Å²) in [7, 11) is 0. The number of aliphatic hydroxyl groups is 1. The number of aliphatic hydroxyl groups excluding tert-OH is 1. The van der Waals surface area contributed by atoms with E-state index in [1.807, 2.05) is 13.8 Å². The summed E-state index contributed by atoms with van der Waals surface area (Å²) in [6.45, 7) is 4.04. The van der Waals surface area contributed by atoms with Gasteiger partial charge in [0.25, 0.3) is 0 Å². The van der Waals surface area contributed by atoms with Crippen molar-refractivity contribution >= 4 is 0 Å². The summed E-state index contributed by atoms with van der Waals surface area (Å²) in [6.07, 6.45) is 2.55. The van der Waals surface area contributed by atoms with Gasteiger partial charge in [0, 0.05) is 0 Å². The average Bonchev–Trinajstić information content (AvgIpc) is 2.31. The number of rotatable bonds is 3. The van der Waals surface area contributed by atoms with Crippen molar-refractivity contribution in [2.75, 3.05) is 13.2 Å². The number of ether oxygens (including phenoxy) is 3. The van der Waals surface area contributed by atoms with E-state index >= 15 is 0 Å². The van der Waals surface area contributed by atoms with Gasteiger partial charge in [0.15, 0.2) is 5.79 Å². The molecule has 1 atom stereocenters. The minimum absolute atomic E-state index is 0.0308. The Hall–Kier alpha value is -0.580. The molecule has 0 amide bonds. The summed E-state index contributed by atoms with van der Waals surface area (Å²) in [4.78, 5) is 0. The van der Waals surface area contributed by atoms with Crippen LogP contribution >= 0.6 is 0 Å². The Kier molecular flexibility index (Phi) is 3.08. The second kappa shape index (κ2) is 3.89. The van der Waals surface area contributed by atoms with Crippen LogP contribution < -0.4 is 0 Å². The normalized spacial score (nSPS) is 28.1. The van der Waals surface area contributed by atoms with Crippen molar-refractivity contribution in [2.24, 2.45) is 0 Å². The van der Waals surface area contributed by atoms with Gasteiger partial charge >= 0.3 is 0 Å². The fourth-order valence-electron chi connectivity index (χ4n) is 0.907. The van der Waals surface area contributed by atoms with Gasteiger partial charge in [0.05, 0.1) is 12.9 Å². The Balaban J connectivity index is 2.24. The Bertz CT molecular complexity index is 164. The van der Waals surface area contributed by atoms with E-state index in [9.17, 15) is 0 Å². The molecule has 1 heterocycles. The topological polar surface area (TPSA) is 47.9 Å². The van der Waals surface area contributed by atoms with Gasteiger partial charge in [-0.3, -0.25) is 0 Å². The molecule has 0 aromatic heterocycles. The van der Waals surface area contributed by atoms with E-state index in [1.54, 1.807) is 0 Å². The molecule has 0 radical (unpaired) electrons. The van der Waals surface area contributed by atoms with Crippen molar-refractivity contribution in [1.82, 2.24) is 0 Å². The molecule has 0 bridgehead atoms. The van der Waals surface area contributed by atoms with Crippen molar-refractivity contribution in [1.29, 1.82) is 0 Å². The monoisotopic (exact) mass is 174 g/mol. The lowest BCUT2D eigenvalue weighted by molar-refractivity contribution is -0.176. The minimum atomic E-state index is -0.558. The van der Waals surface area contributed by atoms with Crippen LogP contribution in [0.15, 0.2) is 12.3 Å². The summed E-state index contributed by atoms with van der Waals surface area (Å²) >= 11 is 0. The van der Waals surface area contributed by atoms with Crippen molar-refractivity contribution in [3.8, 4) is 0 Å². The molecule has 70 valence electrons. The predicted octanol–water partition coefficient (Wildman–Crippen LogP) is 0.618. The van der Waals surface area contributed by atoms with Crippen molar-refractivity contribution in [2.45, 2.75) is 25.9 Å². The van der Waals surface area contributed by atoms with Crippen LogP contribution in [0.4, 0.5) is 0 Å². The second-order valence-corrected chi connectivity index (χ2v) is 2.95. The smallest absolute Gasteiger partial charge is 0.225 e. The molecule has 1 aliphatic heterocycles. The average molecular weight is 174 g/mol. The minimum Gasteiger partial charge on any atom is -0.470 e. The first-order chi connectivity index (χ1) is 5.64. The molecule has 0 aromatic carbocycles. The zero-order valence-electron chi connectivity index (χ0n) is 7.32. The zero-order valence-corrected chi connectivity index (χ0v) is 7.32. The Morgan fingerprint density at radius 2 is 2.42 bits per heavy atom. The molecular formula is C8H14O4. The van der Waals surface area contributed by atoms with Gasteiger partial charge in [0.1, 0.15) is 6.61 Å². The molecule has 1 aliphatic rings. The lowest BCUT2D eigenvalue weighted by atomic mass is 10.4. The molecule has 0 saturated carbocycles. The van der Waals surface area contributed by atoms with Crippen molar-refractivity contribution < 1.29 is 19.3 Å². The van der Waals surface area contributed by atoms with Gasteiger partial charge < -0.3 is 19.3 Å². The SMILES string of the molecule is CC1(C)OCC(OC=CCO)O1. The maximum absolute atomic E-state index is 8.40. The Morgan fingerprint density at radius 1 is 1.67 bits per heavy atom. The number of hydrogen-bond donors (Lipinski definition) is 1. The van der Waals surface area contributed by atoms with Gasteiger partial charge in [-0.2, -0.15) is 0 Å². The lowest BCUT2D eigenvalue weighted by Gasteiger charge is -2.16. The van der Waals surface area contributed by atoms with E-state index in [2.05, 4.69) is 0 Å². The maximum Gasteiger partial charge on any atom is 0.225 e. The van der Waals surface area contributed by atoms with Gasteiger partial charge in [-0.15, -0.1) is 0 Å². The highest BCUT2D eigenvalue weighted by atomic mass is 16.8. The Morgan fingerprint density at radius 3 is 2.92 bits per heavy atom. The fourth-order valence-corrected chi connectivity index (χ4v) is 0.907. The van der Waals surface area contributed by atoms with E-state index in [-0.39, 0.29) is 12.9 Å². The highest BCUT2D eigenvalue weighted by Gasteiger charge is 2.33. The molecule has 0 aromatic rings. The van der Waals surface area contributed by atoms with Crippen molar-refractivity contribution in [3.05, 3.63) is 12.3 Å². The van der Waals surface area contributed by atoms with Crippen LogP contribution in [0.3, 0.4) is 0 Å². The molecule has 1 fully saturated rings. The highest BCUT2D eigenvalue weighted by molar-refractivity contribution is 4.74. The van der Waals surface area contributed by atoms with Gasteiger partial charge in [-0.1, -0.05) is 0 Å². The molecule has 4 nitrogen and oxygen atoms in total. The van der Waals surface area contributed by atoms with Crippen molar-refractivity contribution in [3.63, 3.8) is 0 Å². The zero-order chi connectivity index (χ0) is 9.03. The summed E-state index contributed by atoms with van der Waals surface area (Å²) in [5, 5.41) is 8.40. The standard InChI is InChI=1S/C8H14O4/c1-8(2)11-6-7(12-8)10-5-3-4-9/h3,5,7,9H,4,6H2,1-2H3. The summed E-state index contributed by atoms with van der Waals surface area (Å²) < 4.78 is 15.6. The molecule has 0 aliphatic carbocycles. The van der Waals surface area contributed by atoms with Crippen LogP contribution in [-0.2, 0) is 14.2 Å². The fraction of sp³-hybridized carbons (Fsp3) is 0.750. The number of hydrogen-bond acceptors (Lipinski definition) is 4.